The van der Waals surface area contributed by atoms with Crippen LogP contribution in [0.15, 0.2) is 52.3 Å². The fraction of sp³-hybridized carbons (Fsp3) is 0.333. The molecule has 0 bridgehead atoms. The number of nitrogens with two attached hydrogens (primary N) is 1. The van der Waals surface area contributed by atoms with Crippen molar-refractivity contribution in [1.82, 2.24) is 0 Å². The van der Waals surface area contributed by atoms with E-state index in [0.717, 1.165) is 27.3 Å². The Morgan fingerprint density at radius 3 is 2.50 bits per heavy atom. The van der Waals surface area contributed by atoms with Gasteiger partial charge in [-0.1, -0.05) is 53.7 Å². The third-order valence-corrected chi connectivity index (χ3v) is 6.97. The molecule has 0 heterocycles. The predicted octanol–water partition coefficient (Wildman–Crippen LogP) is 4.32. The minimum absolute atomic E-state index is 0.0118. The summed E-state index contributed by atoms with van der Waals surface area (Å²) in [6, 6.07) is 13.5. The summed E-state index contributed by atoms with van der Waals surface area (Å²) in [5, 5.41) is 15.8. The van der Waals surface area contributed by atoms with E-state index >= 15 is 0 Å². The normalized spacial score (nSPS) is 13.1. The smallest absolute Gasteiger partial charge is 0.139 e. The van der Waals surface area contributed by atoms with E-state index in [1.165, 1.54) is 0 Å². The fourth-order valence-corrected chi connectivity index (χ4v) is 3.95. The summed E-state index contributed by atoms with van der Waals surface area (Å²) in [7, 11) is 0. The van der Waals surface area contributed by atoms with Crippen molar-refractivity contribution in [2.45, 2.75) is 47.8 Å². The molecule has 0 amide bonds. The van der Waals surface area contributed by atoms with Gasteiger partial charge in [-0.05, 0) is 43.5 Å². The van der Waals surface area contributed by atoms with Crippen molar-refractivity contribution < 1.29 is 9.66 Å². The van der Waals surface area contributed by atoms with Crippen LogP contribution in [-0.2, 0) is 24.4 Å². The summed E-state index contributed by atoms with van der Waals surface area (Å²) in [6.45, 7) is 3.80. The van der Waals surface area contributed by atoms with Crippen molar-refractivity contribution in [3.63, 3.8) is 0 Å². The molecular formula is C18H22ClNO2S2. The molecule has 1 unspecified atom stereocenters. The lowest BCUT2D eigenvalue weighted by atomic mass is 10.0. The molecule has 2 aromatic rings. The average Bonchev–Trinajstić information content (AvgIpc) is 2.55. The van der Waals surface area contributed by atoms with Crippen molar-refractivity contribution in [2.75, 3.05) is 0 Å². The number of hydrogen-bond donors (Lipinski definition) is 2. The molecule has 130 valence electrons. The van der Waals surface area contributed by atoms with Gasteiger partial charge in [0, 0.05) is 27.6 Å². The molecule has 0 aromatic heterocycles. The van der Waals surface area contributed by atoms with Crippen LogP contribution in [0.5, 0.6) is 0 Å². The Morgan fingerprint density at radius 2 is 1.83 bits per heavy atom. The third-order valence-electron chi connectivity index (χ3n) is 3.94. The monoisotopic (exact) mass is 383 g/mol. The third kappa shape index (κ3) is 4.91. The Labute approximate surface area is 155 Å². The lowest BCUT2D eigenvalue weighted by Gasteiger charge is -2.24. The molecule has 3 N–H and O–H groups in total. The molecule has 0 radical (unpaired) electrons. The van der Waals surface area contributed by atoms with Gasteiger partial charge in [0.1, 0.15) is 4.75 Å². The quantitative estimate of drug-likeness (QED) is 0.698. The molecule has 24 heavy (non-hydrogen) atoms. The van der Waals surface area contributed by atoms with Gasteiger partial charge in [-0.15, -0.1) is 0 Å². The molecule has 0 aliphatic rings. The molecule has 0 spiro atoms. The van der Waals surface area contributed by atoms with E-state index in [2.05, 4.69) is 0 Å². The largest absolute Gasteiger partial charge is 0.598 e. The van der Waals surface area contributed by atoms with E-state index in [1.807, 2.05) is 56.3 Å². The lowest BCUT2D eigenvalue weighted by molar-refractivity contribution is 0.279. The highest BCUT2D eigenvalue weighted by Crippen LogP contribution is 2.38. The lowest BCUT2D eigenvalue weighted by Crippen LogP contribution is -2.38. The molecule has 2 aromatic carbocycles. The predicted molar refractivity (Wildman–Crippen MR) is 103 cm³/mol. The second-order valence-electron chi connectivity index (χ2n) is 6.15. The Balaban J connectivity index is 2.27. The van der Waals surface area contributed by atoms with Gasteiger partial charge < -0.3 is 9.66 Å². The molecule has 1 atom stereocenters. The van der Waals surface area contributed by atoms with Gasteiger partial charge >= 0.3 is 0 Å². The molecule has 0 fully saturated rings. The van der Waals surface area contributed by atoms with Crippen LogP contribution in [0, 0.1) is 0 Å². The highest BCUT2D eigenvalue weighted by molar-refractivity contribution is 7.99. The van der Waals surface area contributed by atoms with Gasteiger partial charge in [-0.2, -0.15) is 5.14 Å². The van der Waals surface area contributed by atoms with Gasteiger partial charge in [0.05, 0.1) is 11.6 Å². The average molecular weight is 384 g/mol. The molecule has 6 heteroatoms. The molecule has 3 nitrogen and oxygen atoms in total. The number of rotatable bonds is 7. The highest BCUT2D eigenvalue weighted by atomic mass is 35.5. The van der Waals surface area contributed by atoms with Crippen LogP contribution in [-0.4, -0.2) is 14.4 Å². The number of aliphatic hydroxyl groups excluding tert-OH is 1. The van der Waals surface area contributed by atoms with Crippen LogP contribution in [0.25, 0.3) is 0 Å². The van der Waals surface area contributed by atoms with Crippen LogP contribution < -0.4 is 5.14 Å². The first-order valence-electron chi connectivity index (χ1n) is 7.65. The zero-order chi connectivity index (χ0) is 17.7. The molecule has 0 aliphatic heterocycles. The second kappa shape index (κ2) is 8.61. The van der Waals surface area contributed by atoms with Crippen molar-refractivity contribution in [2.24, 2.45) is 5.14 Å². The minimum Gasteiger partial charge on any atom is -0.598 e. The first-order chi connectivity index (χ1) is 11.3. The number of benzene rings is 2. The van der Waals surface area contributed by atoms with Crippen LogP contribution in [0.3, 0.4) is 0 Å². The fourth-order valence-electron chi connectivity index (χ4n) is 2.24. The van der Waals surface area contributed by atoms with Crippen molar-refractivity contribution in [1.29, 1.82) is 0 Å². The van der Waals surface area contributed by atoms with Crippen molar-refractivity contribution in [3.05, 3.63) is 58.6 Å². The number of aliphatic hydroxyl groups is 1. The molecule has 0 saturated heterocycles. The summed E-state index contributed by atoms with van der Waals surface area (Å²) in [5.41, 5.74) is 1.97. The van der Waals surface area contributed by atoms with Gasteiger partial charge in [-0.25, -0.2) is 0 Å². The number of halogens is 1. The Kier molecular flexibility index (Phi) is 7.04. The second-order valence-corrected chi connectivity index (χ2v) is 9.31. The molecule has 2 rings (SSSR count). The SMILES string of the molecule is CC(C)(CCc1cccc(Cl)c1Sc1ccccc1CO)[S+](N)[O-]. The van der Waals surface area contributed by atoms with Crippen molar-refractivity contribution >= 4 is 34.7 Å². The Morgan fingerprint density at radius 1 is 1.17 bits per heavy atom. The van der Waals surface area contributed by atoms with Gasteiger partial charge in [0.2, 0.25) is 0 Å². The number of hydrogen-bond acceptors (Lipinski definition) is 4. The minimum atomic E-state index is -1.38. The zero-order valence-corrected chi connectivity index (χ0v) is 16.2. The summed E-state index contributed by atoms with van der Waals surface area (Å²) in [4.78, 5) is 1.95. The summed E-state index contributed by atoms with van der Waals surface area (Å²) >= 11 is 6.59. The topological polar surface area (TPSA) is 69.3 Å². The highest BCUT2D eigenvalue weighted by Gasteiger charge is 2.29. The molecule has 0 aliphatic carbocycles. The maximum Gasteiger partial charge on any atom is 0.139 e. The van der Waals surface area contributed by atoms with E-state index in [0.29, 0.717) is 11.4 Å². The first-order valence-corrected chi connectivity index (χ1v) is 10.1. The van der Waals surface area contributed by atoms with Crippen molar-refractivity contribution in [3.8, 4) is 0 Å². The number of aryl methyl sites for hydroxylation is 1. The van der Waals surface area contributed by atoms with Crippen LogP contribution in [0.1, 0.15) is 31.4 Å². The first kappa shape index (κ1) is 19.6. The molecule has 0 saturated carbocycles. The Bertz CT molecular complexity index is 692. The van der Waals surface area contributed by atoms with E-state index in [1.54, 1.807) is 11.8 Å². The van der Waals surface area contributed by atoms with Crippen LogP contribution >= 0.6 is 23.4 Å². The Hall–Kier alpha value is -0.690. The molecular weight excluding hydrogens is 362 g/mol. The van der Waals surface area contributed by atoms with Crippen LogP contribution in [0.4, 0.5) is 0 Å². The maximum atomic E-state index is 11.6. The van der Waals surface area contributed by atoms with E-state index < -0.39 is 16.1 Å². The van der Waals surface area contributed by atoms with Gasteiger partial charge in [-0.3, -0.25) is 0 Å². The zero-order valence-electron chi connectivity index (χ0n) is 13.8. The van der Waals surface area contributed by atoms with Crippen LogP contribution in [0.2, 0.25) is 5.02 Å². The summed E-state index contributed by atoms with van der Waals surface area (Å²) in [5.74, 6) is 0. The standard InChI is InChI=1S/C18H22ClNO2S2/c1-18(2,24(20)22)11-10-13-7-5-8-15(19)17(13)23-16-9-4-3-6-14(16)12-21/h3-9,21H,10-12,20H2,1-2H3. The summed E-state index contributed by atoms with van der Waals surface area (Å²) < 4.78 is 11.2. The van der Waals surface area contributed by atoms with E-state index in [9.17, 15) is 9.66 Å². The van der Waals surface area contributed by atoms with Gasteiger partial charge in [0.25, 0.3) is 0 Å². The summed E-state index contributed by atoms with van der Waals surface area (Å²) in [6.07, 6.45) is 1.44. The van der Waals surface area contributed by atoms with E-state index in [4.69, 9.17) is 16.7 Å². The van der Waals surface area contributed by atoms with Gasteiger partial charge in [0.15, 0.2) is 0 Å². The maximum absolute atomic E-state index is 11.6. The van der Waals surface area contributed by atoms with E-state index in [-0.39, 0.29) is 6.61 Å².